The molecule has 2 saturated heterocycles. The maximum absolute atomic E-state index is 13.0. The Morgan fingerprint density at radius 3 is 2.28 bits per heavy atom. The van der Waals surface area contributed by atoms with E-state index < -0.39 is 5.54 Å². The van der Waals surface area contributed by atoms with Gasteiger partial charge in [-0.2, -0.15) is 0 Å². The maximum Gasteiger partial charge on any atom is 0.246 e. The Hall–Kier alpha value is -0.810. The lowest BCUT2D eigenvalue weighted by molar-refractivity contribution is -0.136. The number of benzene rings is 1. The first-order chi connectivity index (χ1) is 11.1. The van der Waals surface area contributed by atoms with Crippen molar-refractivity contribution in [1.82, 2.24) is 9.80 Å². The first-order valence-corrected chi connectivity index (χ1v) is 8.97. The second-order valence-electron chi connectivity index (χ2n) is 7.19. The first kappa shape index (κ1) is 22.2. The molecule has 1 aromatic rings. The van der Waals surface area contributed by atoms with Crippen molar-refractivity contribution in [3.8, 4) is 0 Å². The average molecular weight is 388 g/mol. The van der Waals surface area contributed by atoms with Crippen LogP contribution < -0.4 is 5.73 Å². The number of rotatable bonds is 3. The van der Waals surface area contributed by atoms with Gasteiger partial charge in [0.15, 0.2) is 0 Å². The van der Waals surface area contributed by atoms with Gasteiger partial charge in [0.1, 0.15) is 5.54 Å². The predicted molar refractivity (Wildman–Crippen MR) is 108 cm³/mol. The van der Waals surface area contributed by atoms with Gasteiger partial charge in [-0.25, -0.2) is 0 Å². The summed E-state index contributed by atoms with van der Waals surface area (Å²) in [6.07, 6.45) is 6.02. The molecular formula is C19H31Cl2N3O. The lowest BCUT2D eigenvalue weighted by Gasteiger charge is -2.32. The third kappa shape index (κ3) is 5.10. The minimum Gasteiger partial charge on any atom is -0.341 e. The van der Waals surface area contributed by atoms with Crippen LogP contribution in [-0.4, -0.2) is 47.9 Å². The Balaban J connectivity index is 0.00000156. The number of nitrogens with two attached hydrogens (primary N) is 1. The summed E-state index contributed by atoms with van der Waals surface area (Å²) in [5.41, 5.74) is 6.38. The highest BCUT2D eigenvalue weighted by molar-refractivity contribution is 5.87. The fourth-order valence-corrected chi connectivity index (χ4v) is 3.99. The van der Waals surface area contributed by atoms with Crippen molar-refractivity contribution in [1.29, 1.82) is 0 Å². The fraction of sp³-hybridized carbons (Fsp3) is 0.632. The molecule has 4 nitrogen and oxygen atoms in total. The molecule has 142 valence electrons. The van der Waals surface area contributed by atoms with Crippen LogP contribution in [0.4, 0.5) is 0 Å². The molecule has 2 heterocycles. The molecule has 0 aliphatic carbocycles. The summed E-state index contributed by atoms with van der Waals surface area (Å²) < 4.78 is 0. The number of nitrogens with zero attached hydrogens (tertiary/aromatic N) is 2. The van der Waals surface area contributed by atoms with Gasteiger partial charge in [0.05, 0.1) is 0 Å². The number of hydrogen-bond acceptors (Lipinski definition) is 3. The molecular weight excluding hydrogens is 357 g/mol. The van der Waals surface area contributed by atoms with Gasteiger partial charge in [-0.1, -0.05) is 30.3 Å². The van der Waals surface area contributed by atoms with Crippen LogP contribution in [0.1, 0.15) is 44.6 Å². The normalized spacial score (nSPS) is 23.8. The van der Waals surface area contributed by atoms with Gasteiger partial charge in [0.25, 0.3) is 0 Å². The maximum atomic E-state index is 13.0. The van der Waals surface area contributed by atoms with Gasteiger partial charge in [0.2, 0.25) is 5.91 Å². The van der Waals surface area contributed by atoms with Crippen LogP contribution in [0.5, 0.6) is 0 Å². The summed E-state index contributed by atoms with van der Waals surface area (Å²) in [5, 5.41) is 0. The highest BCUT2D eigenvalue weighted by atomic mass is 35.5. The fourth-order valence-electron chi connectivity index (χ4n) is 3.99. The van der Waals surface area contributed by atoms with Crippen LogP contribution in [0.3, 0.4) is 0 Å². The monoisotopic (exact) mass is 387 g/mol. The van der Waals surface area contributed by atoms with Gasteiger partial charge in [-0.05, 0) is 57.7 Å². The predicted octanol–water partition coefficient (Wildman–Crippen LogP) is 3.18. The van der Waals surface area contributed by atoms with Crippen LogP contribution in [0.15, 0.2) is 30.3 Å². The van der Waals surface area contributed by atoms with Crippen molar-refractivity contribution in [2.75, 3.05) is 26.2 Å². The van der Waals surface area contributed by atoms with E-state index in [9.17, 15) is 4.79 Å². The molecule has 2 atom stereocenters. The van der Waals surface area contributed by atoms with E-state index in [1.54, 1.807) is 0 Å². The minimum atomic E-state index is -0.936. The van der Waals surface area contributed by atoms with Crippen LogP contribution in [0, 0.1) is 0 Å². The van der Waals surface area contributed by atoms with E-state index in [-0.39, 0.29) is 30.7 Å². The van der Waals surface area contributed by atoms with Gasteiger partial charge in [-0.3, -0.25) is 4.79 Å². The Labute approximate surface area is 163 Å². The Bertz CT molecular complexity index is 533. The Morgan fingerprint density at radius 1 is 1.00 bits per heavy atom. The first-order valence-electron chi connectivity index (χ1n) is 8.97. The van der Waals surface area contributed by atoms with E-state index in [1.807, 2.05) is 42.2 Å². The Morgan fingerprint density at radius 2 is 1.64 bits per heavy atom. The largest absolute Gasteiger partial charge is 0.341 e. The zero-order valence-electron chi connectivity index (χ0n) is 15.0. The van der Waals surface area contributed by atoms with Crippen molar-refractivity contribution < 1.29 is 4.79 Å². The third-order valence-electron chi connectivity index (χ3n) is 5.46. The number of carbonyl (C=O) groups is 1. The topological polar surface area (TPSA) is 49.6 Å². The molecule has 2 aliphatic heterocycles. The summed E-state index contributed by atoms with van der Waals surface area (Å²) in [5.74, 6) is 0.0609. The van der Waals surface area contributed by atoms with E-state index in [2.05, 4.69) is 4.90 Å². The summed E-state index contributed by atoms with van der Waals surface area (Å²) in [6, 6.07) is 10.4. The number of amides is 1. The molecule has 6 heteroatoms. The molecule has 0 radical (unpaired) electrons. The molecule has 3 rings (SSSR count). The molecule has 2 aliphatic rings. The molecule has 1 aromatic carbocycles. The molecule has 1 amide bonds. The van der Waals surface area contributed by atoms with E-state index in [4.69, 9.17) is 5.73 Å². The SMILES string of the molecule is CC(N)(C(=O)N1CCCC(N2CCCC2)CC1)c1ccccc1.Cl.Cl. The van der Waals surface area contributed by atoms with Gasteiger partial charge < -0.3 is 15.5 Å². The van der Waals surface area contributed by atoms with Crippen molar-refractivity contribution >= 4 is 30.7 Å². The molecule has 0 spiro atoms. The molecule has 25 heavy (non-hydrogen) atoms. The Kier molecular flexibility index (Phi) is 8.69. The van der Waals surface area contributed by atoms with E-state index >= 15 is 0 Å². The summed E-state index contributed by atoms with van der Waals surface area (Å²) >= 11 is 0. The second kappa shape index (κ2) is 9.77. The third-order valence-corrected chi connectivity index (χ3v) is 5.46. The molecule has 2 N–H and O–H groups in total. The molecule has 2 fully saturated rings. The zero-order valence-corrected chi connectivity index (χ0v) is 16.7. The lowest BCUT2D eigenvalue weighted by Crippen LogP contribution is -2.51. The van der Waals surface area contributed by atoms with E-state index in [0.29, 0.717) is 6.04 Å². The number of likely N-dealkylation sites (tertiary alicyclic amines) is 2. The summed E-state index contributed by atoms with van der Waals surface area (Å²) in [4.78, 5) is 17.6. The van der Waals surface area contributed by atoms with Crippen LogP contribution in [-0.2, 0) is 10.3 Å². The molecule has 0 saturated carbocycles. The van der Waals surface area contributed by atoms with Crippen LogP contribution in [0.2, 0.25) is 0 Å². The standard InChI is InChI=1S/C19H29N3O.2ClH/c1-19(20,16-8-3-2-4-9-16)18(23)22-14-7-10-17(11-15-22)21-12-5-6-13-21;;/h2-4,8-9,17H,5-7,10-15,20H2,1H3;2*1H. The summed E-state index contributed by atoms with van der Waals surface area (Å²) in [7, 11) is 0. The smallest absolute Gasteiger partial charge is 0.246 e. The highest BCUT2D eigenvalue weighted by Crippen LogP contribution is 2.25. The van der Waals surface area contributed by atoms with Crippen molar-refractivity contribution in [2.45, 2.75) is 50.6 Å². The van der Waals surface area contributed by atoms with Crippen molar-refractivity contribution in [3.05, 3.63) is 35.9 Å². The summed E-state index contributed by atoms with van der Waals surface area (Å²) in [6.45, 7) is 5.98. The van der Waals surface area contributed by atoms with Gasteiger partial charge >= 0.3 is 0 Å². The number of carbonyl (C=O) groups excluding carboxylic acids is 1. The second-order valence-corrected chi connectivity index (χ2v) is 7.19. The van der Waals surface area contributed by atoms with Crippen molar-refractivity contribution in [3.63, 3.8) is 0 Å². The number of hydrogen-bond donors (Lipinski definition) is 1. The lowest BCUT2D eigenvalue weighted by atomic mass is 9.91. The average Bonchev–Trinajstić information content (AvgIpc) is 3.00. The van der Waals surface area contributed by atoms with Gasteiger partial charge in [-0.15, -0.1) is 24.8 Å². The van der Waals surface area contributed by atoms with Crippen LogP contribution >= 0.6 is 24.8 Å². The van der Waals surface area contributed by atoms with Gasteiger partial charge in [0, 0.05) is 19.1 Å². The van der Waals surface area contributed by atoms with Crippen molar-refractivity contribution in [2.24, 2.45) is 5.73 Å². The minimum absolute atomic E-state index is 0. The van der Waals surface area contributed by atoms with Crippen LogP contribution in [0.25, 0.3) is 0 Å². The molecule has 0 aromatic heterocycles. The van der Waals surface area contributed by atoms with E-state index in [0.717, 1.165) is 31.5 Å². The number of halogens is 2. The molecule has 0 bridgehead atoms. The quantitative estimate of drug-likeness (QED) is 0.865. The highest BCUT2D eigenvalue weighted by Gasteiger charge is 2.35. The molecule has 2 unspecified atom stereocenters. The zero-order chi connectivity index (χ0) is 16.3. The van der Waals surface area contributed by atoms with E-state index in [1.165, 1.54) is 32.4 Å².